The minimum Gasteiger partial charge on any atom is -0.493 e. The van der Waals surface area contributed by atoms with Crippen LogP contribution >= 0.6 is 0 Å². The highest BCUT2D eigenvalue weighted by Crippen LogP contribution is 2.40. The number of hydrogen-bond acceptors (Lipinski definition) is 3. The van der Waals surface area contributed by atoms with E-state index >= 15 is 0 Å². The Morgan fingerprint density at radius 3 is 2.18 bits per heavy atom. The number of hydrogen-bond donors (Lipinski definition) is 0. The maximum absolute atomic E-state index is 14.4. The Morgan fingerprint density at radius 2 is 1.52 bits per heavy atom. The van der Waals surface area contributed by atoms with Gasteiger partial charge in [-0.15, -0.1) is 0 Å². The molecule has 2 aromatic carbocycles. The van der Waals surface area contributed by atoms with Gasteiger partial charge in [0, 0.05) is 24.7 Å². The van der Waals surface area contributed by atoms with Crippen LogP contribution in [0.25, 0.3) is 0 Å². The maximum atomic E-state index is 14.4. The van der Waals surface area contributed by atoms with Crippen molar-refractivity contribution in [3.05, 3.63) is 58.9 Å². The van der Waals surface area contributed by atoms with E-state index in [0.29, 0.717) is 6.54 Å². The second-order valence-corrected chi connectivity index (χ2v) is 9.35. The molecule has 1 aliphatic rings. The lowest BCUT2D eigenvalue weighted by Crippen LogP contribution is -2.35. The first kappa shape index (κ1) is 25.6. The molecule has 1 aliphatic heterocycles. The number of benzene rings is 2. The van der Waals surface area contributed by atoms with Gasteiger partial charge in [0.2, 0.25) is 0 Å². The summed E-state index contributed by atoms with van der Waals surface area (Å²) in [5.74, 6) is 1.46. The number of rotatable bonds is 14. The highest BCUT2D eigenvalue weighted by Gasteiger charge is 2.29. The molecule has 1 atom stereocenters. The second-order valence-electron chi connectivity index (χ2n) is 9.35. The summed E-state index contributed by atoms with van der Waals surface area (Å²) in [6.45, 7) is 3.84. The minimum absolute atomic E-state index is 0.113. The summed E-state index contributed by atoms with van der Waals surface area (Å²) in [5, 5.41) is 0. The molecule has 0 aliphatic carbocycles. The number of ether oxygens (including phenoxy) is 2. The van der Waals surface area contributed by atoms with Crippen molar-refractivity contribution in [3.63, 3.8) is 0 Å². The molecule has 0 amide bonds. The van der Waals surface area contributed by atoms with Gasteiger partial charge in [0.05, 0.1) is 14.2 Å². The summed E-state index contributed by atoms with van der Waals surface area (Å²) in [7, 11) is 3.39. The third kappa shape index (κ3) is 7.20. The molecule has 0 bridgehead atoms. The number of unbranched alkanes of at least 4 members (excludes halogenated alkanes) is 8. The van der Waals surface area contributed by atoms with E-state index in [0.717, 1.165) is 36.4 Å². The third-order valence-electron chi connectivity index (χ3n) is 7.03. The summed E-state index contributed by atoms with van der Waals surface area (Å²) in [5.41, 5.74) is 3.42. The number of halogens is 1. The molecule has 0 N–H and O–H groups in total. The van der Waals surface area contributed by atoms with Gasteiger partial charge in [-0.2, -0.15) is 0 Å². The van der Waals surface area contributed by atoms with Crippen LogP contribution in [-0.4, -0.2) is 25.7 Å². The van der Waals surface area contributed by atoms with Crippen molar-refractivity contribution in [2.45, 2.75) is 90.1 Å². The van der Waals surface area contributed by atoms with Crippen molar-refractivity contribution in [2.75, 3.05) is 20.8 Å². The zero-order chi connectivity index (χ0) is 23.5. The Labute approximate surface area is 200 Å². The van der Waals surface area contributed by atoms with Gasteiger partial charge in [-0.1, -0.05) is 82.9 Å². The highest BCUT2D eigenvalue weighted by atomic mass is 19.1. The first-order valence-corrected chi connectivity index (χ1v) is 12.9. The van der Waals surface area contributed by atoms with Gasteiger partial charge in [-0.3, -0.25) is 4.90 Å². The first-order valence-electron chi connectivity index (χ1n) is 12.9. The zero-order valence-electron chi connectivity index (χ0n) is 20.9. The number of nitrogens with zero attached hydrogens (tertiary/aromatic N) is 1. The topological polar surface area (TPSA) is 21.7 Å². The fourth-order valence-electron chi connectivity index (χ4n) is 5.10. The maximum Gasteiger partial charge on any atom is 0.161 e. The summed E-state index contributed by atoms with van der Waals surface area (Å²) < 4.78 is 25.6. The highest BCUT2D eigenvalue weighted by molar-refractivity contribution is 5.49. The molecule has 3 nitrogen and oxygen atoms in total. The number of methoxy groups -OCH3 is 2. The van der Waals surface area contributed by atoms with Crippen LogP contribution in [0.2, 0.25) is 0 Å². The molecule has 0 saturated heterocycles. The van der Waals surface area contributed by atoms with E-state index in [-0.39, 0.29) is 11.9 Å². The van der Waals surface area contributed by atoms with Gasteiger partial charge >= 0.3 is 0 Å². The normalized spacial score (nSPS) is 15.9. The molecule has 1 heterocycles. The van der Waals surface area contributed by atoms with Gasteiger partial charge in [0.25, 0.3) is 0 Å². The third-order valence-corrected chi connectivity index (χ3v) is 7.03. The molecule has 4 heteroatoms. The zero-order valence-corrected chi connectivity index (χ0v) is 20.9. The van der Waals surface area contributed by atoms with Crippen molar-refractivity contribution in [1.82, 2.24) is 4.90 Å². The van der Waals surface area contributed by atoms with Gasteiger partial charge in [-0.05, 0) is 42.2 Å². The van der Waals surface area contributed by atoms with Gasteiger partial charge in [0.15, 0.2) is 11.5 Å². The Bertz CT molecular complexity index is 854. The van der Waals surface area contributed by atoms with Crippen LogP contribution in [0.1, 0.15) is 93.9 Å². The van der Waals surface area contributed by atoms with Gasteiger partial charge in [0.1, 0.15) is 5.82 Å². The van der Waals surface area contributed by atoms with Crippen LogP contribution in [0.15, 0.2) is 36.4 Å². The van der Waals surface area contributed by atoms with E-state index in [9.17, 15) is 4.39 Å². The molecule has 3 rings (SSSR count). The van der Waals surface area contributed by atoms with E-state index in [1.165, 1.54) is 68.9 Å². The van der Waals surface area contributed by atoms with Crippen molar-refractivity contribution in [2.24, 2.45) is 0 Å². The fourth-order valence-corrected chi connectivity index (χ4v) is 5.10. The molecule has 0 radical (unpaired) electrons. The standard InChI is InChI=1S/C29H42FNO2/c1-4-5-6-7-8-9-10-11-12-17-27-25-21-29(33-3)28(32-2)20-23(25)18-19-31(27)22-24-15-13-14-16-26(24)30/h13-16,20-21,27H,4-12,17-19,22H2,1-3H3. The SMILES string of the molecule is CCCCCCCCCCCC1c2cc(OC)c(OC)cc2CCN1Cc1ccccc1F. The molecule has 0 saturated carbocycles. The van der Waals surface area contributed by atoms with Crippen molar-refractivity contribution in [1.29, 1.82) is 0 Å². The quantitative estimate of drug-likeness (QED) is 0.271. The van der Waals surface area contributed by atoms with Crippen LogP contribution < -0.4 is 9.47 Å². The van der Waals surface area contributed by atoms with Crippen LogP contribution in [0.4, 0.5) is 4.39 Å². The summed E-state index contributed by atoms with van der Waals surface area (Å²) in [4.78, 5) is 2.46. The van der Waals surface area contributed by atoms with E-state index in [2.05, 4.69) is 24.0 Å². The van der Waals surface area contributed by atoms with Gasteiger partial charge in [-0.25, -0.2) is 4.39 Å². The molecular weight excluding hydrogens is 413 g/mol. The second kappa shape index (κ2) is 13.6. The smallest absolute Gasteiger partial charge is 0.161 e. The molecule has 33 heavy (non-hydrogen) atoms. The Balaban J connectivity index is 1.67. The van der Waals surface area contributed by atoms with Crippen LogP contribution in [0.3, 0.4) is 0 Å². The molecule has 1 unspecified atom stereocenters. The molecule has 0 spiro atoms. The summed E-state index contributed by atoms with van der Waals surface area (Å²) in [6.07, 6.45) is 13.9. The van der Waals surface area contributed by atoms with Crippen LogP contribution in [-0.2, 0) is 13.0 Å². The Hall–Kier alpha value is -2.07. The monoisotopic (exact) mass is 455 g/mol. The van der Waals surface area contributed by atoms with Crippen LogP contribution in [0, 0.1) is 5.82 Å². The van der Waals surface area contributed by atoms with Crippen molar-refractivity contribution >= 4 is 0 Å². The predicted molar refractivity (Wildman–Crippen MR) is 135 cm³/mol. The lowest BCUT2D eigenvalue weighted by molar-refractivity contribution is 0.161. The fraction of sp³-hybridized carbons (Fsp3) is 0.586. The van der Waals surface area contributed by atoms with Crippen molar-refractivity contribution in [3.8, 4) is 11.5 Å². The average molecular weight is 456 g/mol. The van der Waals surface area contributed by atoms with E-state index in [1.807, 2.05) is 12.1 Å². The summed E-state index contributed by atoms with van der Waals surface area (Å²) in [6, 6.07) is 11.7. The lowest BCUT2D eigenvalue weighted by Gasteiger charge is -2.38. The molecule has 182 valence electrons. The van der Waals surface area contributed by atoms with E-state index in [1.54, 1.807) is 26.4 Å². The summed E-state index contributed by atoms with van der Waals surface area (Å²) >= 11 is 0. The van der Waals surface area contributed by atoms with E-state index in [4.69, 9.17) is 9.47 Å². The molecular formula is C29H42FNO2. The molecule has 0 aromatic heterocycles. The molecule has 0 fully saturated rings. The van der Waals surface area contributed by atoms with Crippen LogP contribution in [0.5, 0.6) is 11.5 Å². The lowest BCUT2D eigenvalue weighted by atomic mass is 9.88. The number of fused-ring (bicyclic) bond motifs is 1. The first-order chi connectivity index (χ1) is 16.2. The Kier molecular flexibility index (Phi) is 10.5. The average Bonchev–Trinajstić information content (AvgIpc) is 2.84. The minimum atomic E-state index is -0.113. The van der Waals surface area contributed by atoms with Gasteiger partial charge < -0.3 is 9.47 Å². The molecule has 2 aromatic rings. The predicted octanol–water partition coefficient (Wildman–Crippen LogP) is 7.86. The van der Waals surface area contributed by atoms with E-state index < -0.39 is 0 Å². The Morgan fingerprint density at radius 1 is 0.879 bits per heavy atom. The van der Waals surface area contributed by atoms with Crippen molar-refractivity contribution < 1.29 is 13.9 Å². The largest absolute Gasteiger partial charge is 0.493 e.